The van der Waals surface area contributed by atoms with Gasteiger partial charge in [-0.15, -0.1) is 0 Å². The van der Waals surface area contributed by atoms with E-state index in [0.29, 0.717) is 24.3 Å². The summed E-state index contributed by atoms with van der Waals surface area (Å²) in [6.45, 7) is 3.97. The number of nitrogens with zero attached hydrogens (tertiary/aromatic N) is 2. The molecule has 142 valence electrons. The molecular formula is C20H23N3O3S. The minimum Gasteiger partial charge on any atom is -0.325 e. The topological polar surface area (TPSA) is 78.8 Å². The summed E-state index contributed by atoms with van der Waals surface area (Å²) >= 11 is 0. The number of anilines is 1. The molecule has 0 fully saturated rings. The van der Waals surface area contributed by atoms with Crippen LogP contribution in [0.5, 0.6) is 0 Å². The molecule has 3 rings (SSSR count). The second-order valence-corrected chi connectivity index (χ2v) is 8.28. The Kier molecular flexibility index (Phi) is 5.60. The summed E-state index contributed by atoms with van der Waals surface area (Å²) in [5.41, 5.74) is 1.04. The van der Waals surface area contributed by atoms with Gasteiger partial charge in [-0.3, -0.25) is 9.10 Å². The predicted molar refractivity (Wildman–Crippen MR) is 107 cm³/mol. The minimum atomic E-state index is -3.73. The molecule has 0 bridgehead atoms. The zero-order chi connectivity index (χ0) is 19.4. The fourth-order valence-corrected chi connectivity index (χ4v) is 4.61. The Labute approximate surface area is 160 Å². The first kappa shape index (κ1) is 19.1. The number of rotatable bonds is 6. The second-order valence-electron chi connectivity index (χ2n) is 6.45. The number of para-hydroxylation sites is 2. The number of unbranched alkanes of at least 4 members (excludes halogenated alkanes) is 1. The first-order valence-corrected chi connectivity index (χ1v) is 10.5. The van der Waals surface area contributed by atoms with Crippen molar-refractivity contribution in [3.63, 3.8) is 0 Å². The molecule has 1 aliphatic heterocycles. The normalized spacial score (nSPS) is 16.2. The van der Waals surface area contributed by atoms with Crippen LogP contribution in [0.3, 0.4) is 0 Å². The summed E-state index contributed by atoms with van der Waals surface area (Å²) in [5.74, 6) is -0.753. The summed E-state index contributed by atoms with van der Waals surface area (Å²) in [7, 11) is -3.73. The third kappa shape index (κ3) is 3.88. The van der Waals surface area contributed by atoms with Crippen LogP contribution < -0.4 is 5.32 Å². The molecule has 2 aromatic rings. The number of hydrogen-bond donors (Lipinski definition) is 1. The lowest BCUT2D eigenvalue weighted by atomic mass is 10.1. The van der Waals surface area contributed by atoms with Gasteiger partial charge in [0, 0.05) is 12.2 Å². The first-order chi connectivity index (χ1) is 12.9. The molecule has 1 amide bonds. The molecule has 0 saturated carbocycles. The lowest BCUT2D eigenvalue weighted by molar-refractivity contribution is -0.117. The van der Waals surface area contributed by atoms with E-state index in [9.17, 15) is 13.2 Å². The number of benzene rings is 2. The fourth-order valence-electron chi connectivity index (χ4n) is 2.93. The van der Waals surface area contributed by atoms with E-state index in [1.165, 1.54) is 4.31 Å². The molecule has 0 aliphatic carbocycles. The van der Waals surface area contributed by atoms with Gasteiger partial charge in [0.1, 0.15) is 10.7 Å². The highest BCUT2D eigenvalue weighted by Gasteiger charge is 2.37. The lowest BCUT2D eigenvalue weighted by Crippen LogP contribution is -2.45. The standard InChI is InChI=1S/C20H23N3O3S/c1-3-4-14-23-19(15(2)20(24)21-16-10-6-5-7-11-16)22-17-12-8-9-13-18(17)27(23,25)26/h5-13,15H,3-4,14H2,1-2H3,(H,21,24). The van der Waals surface area contributed by atoms with E-state index in [1.54, 1.807) is 43.3 Å². The average molecular weight is 385 g/mol. The quantitative estimate of drug-likeness (QED) is 0.821. The maximum Gasteiger partial charge on any atom is 0.267 e. The maximum atomic E-state index is 13.1. The Morgan fingerprint density at radius 3 is 2.48 bits per heavy atom. The van der Waals surface area contributed by atoms with Crippen LogP contribution in [0.1, 0.15) is 26.7 Å². The van der Waals surface area contributed by atoms with E-state index in [4.69, 9.17) is 0 Å². The molecule has 0 radical (unpaired) electrons. The molecule has 1 heterocycles. The molecule has 7 heteroatoms. The van der Waals surface area contributed by atoms with Crippen LogP contribution in [-0.2, 0) is 14.8 Å². The van der Waals surface area contributed by atoms with Gasteiger partial charge >= 0.3 is 0 Å². The van der Waals surface area contributed by atoms with Crippen molar-refractivity contribution in [2.45, 2.75) is 31.6 Å². The van der Waals surface area contributed by atoms with Crippen LogP contribution in [0.4, 0.5) is 11.4 Å². The van der Waals surface area contributed by atoms with Gasteiger partial charge in [0.2, 0.25) is 5.91 Å². The Hall–Kier alpha value is -2.67. The third-order valence-electron chi connectivity index (χ3n) is 4.46. The number of nitrogens with one attached hydrogen (secondary N) is 1. The highest BCUT2D eigenvalue weighted by atomic mass is 32.2. The number of amidine groups is 1. The number of sulfonamides is 1. The lowest BCUT2D eigenvalue weighted by Gasteiger charge is -2.32. The molecule has 27 heavy (non-hydrogen) atoms. The van der Waals surface area contributed by atoms with Gasteiger partial charge in [0.25, 0.3) is 10.0 Å². The van der Waals surface area contributed by atoms with Crippen LogP contribution in [0.2, 0.25) is 0 Å². The van der Waals surface area contributed by atoms with Crippen LogP contribution in [-0.4, -0.2) is 31.0 Å². The van der Waals surface area contributed by atoms with Gasteiger partial charge in [0.15, 0.2) is 0 Å². The summed E-state index contributed by atoms with van der Waals surface area (Å²) in [6.07, 6.45) is 1.53. The van der Waals surface area contributed by atoms with Crippen molar-refractivity contribution >= 4 is 33.1 Å². The molecule has 2 aromatic carbocycles. The smallest absolute Gasteiger partial charge is 0.267 e. The molecule has 1 aliphatic rings. The monoisotopic (exact) mass is 385 g/mol. The van der Waals surface area contributed by atoms with E-state index >= 15 is 0 Å². The molecule has 1 unspecified atom stereocenters. The zero-order valence-electron chi connectivity index (χ0n) is 15.4. The Balaban J connectivity index is 1.97. The Bertz CT molecular complexity index is 955. The zero-order valence-corrected chi connectivity index (χ0v) is 16.2. The van der Waals surface area contributed by atoms with Gasteiger partial charge in [-0.25, -0.2) is 13.4 Å². The fraction of sp³-hybridized carbons (Fsp3) is 0.300. The number of carbonyl (C=O) groups excluding carboxylic acids is 1. The number of hydrogen-bond acceptors (Lipinski definition) is 4. The predicted octanol–water partition coefficient (Wildman–Crippen LogP) is 3.80. The summed E-state index contributed by atoms with van der Waals surface area (Å²) in [6, 6.07) is 15.7. The highest BCUT2D eigenvalue weighted by molar-refractivity contribution is 7.90. The van der Waals surface area contributed by atoms with Crippen molar-refractivity contribution in [2.24, 2.45) is 10.9 Å². The van der Waals surface area contributed by atoms with Crippen LogP contribution >= 0.6 is 0 Å². The number of fused-ring (bicyclic) bond motifs is 1. The van der Waals surface area contributed by atoms with Gasteiger partial charge in [-0.1, -0.05) is 43.7 Å². The second kappa shape index (κ2) is 7.92. The number of carbonyl (C=O) groups is 1. The van der Waals surface area contributed by atoms with Gasteiger partial charge in [0.05, 0.1) is 11.6 Å². The summed E-state index contributed by atoms with van der Waals surface area (Å²) in [5, 5.41) is 2.83. The van der Waals surface area contributed by atoms with Crippen molar-refractivity contribution < 1.29 is 13.2 Å². The minimum absolute atomic E-state index is 0.181. The van der Waals surface area contributed by atoms with E-state index in [0.717, 1.165) is 6.42 Å². The number of aliphatic imine (C=N–C) groups is 1. The van der Waals surface area contributed by atoms with Crippen molar-refractivity contribution in [1.82, 2.24) is 4.31 Å². The molecule has 6 nitrogen and oxygen atoms in total. The van der Waals surface area contributed by atoms with E-state index in [-0.39, 0.29) is 16.6 Å². The first-order valence-electron chi connectivity index (χ1n) is 9.01. The third-order valence-corrected chi connectivity index (χ3v) is 6.31. The Morgan fingerprint density at radius 1 is 1.11 bits per heavy atom. The van der Waals surface area contributed by atoms with E-state index in [2.05, 4.69) is 10.3 Å². The maximum absolute atomic E-state index is 13.1. The Morgan fingerprint density at radius 2 is 1.78 bits per heavy atom. The molecule has 0 aromatic heterocycles. The summed E-state index contributed by atoms with van der Waals surface area (Å²) in [4.78, 5) is 17.5. The van der Waals surface area contributed by atoms with E-state index in [1.807, 2.05) is 25.1 Å². The van der Waals surface area contributed by atoms with Crippen LogP contribution in [0, 0.1) is 5.92 Å². The van der Waals surface area contributed by atoms with Crippen LogP contribution in [0.25, 0.3) is 0 Å². The van der Waals surface area contributed by atoms with Gasteiger partial charge < -0.3 is 5.32 Å². The SMILES string of the molecule is CCCCN1C(C(C)C(=O)Nc2ccccc2)=Nc2ccccc2S1(=O)=O. The highest BCUT2D eigenvalue weighted by Crippen LogP contribution is 2.34. The van der Waals surface area contributed by atoms with Crippen molar-refractivity contribution in [1.29, 1.82) is 0 Å². The molecule has 0 saturated heterocycles. The van der Waals surface area contributed by atoms with Crippen molar-refractivity contribution in [3.8, 4) is 0 Å². The molecule has 0 spiro atoms. The van der Waals surface area contributed by atoms with Crippen molar-refractivity contribution in [2.75, 3.05) is 11.9 Å². The largest absolute Gasteiger partial charge is 0.325 e. The van der Waals surface area contributed by atoms with E-state index < -0.39 is 15.9 Å². The molecule has 1 N–H and O–H groups in total. The number of amides is 1. The van der Waals surface area contributed by atoms with Crippen LogP contribution in [0.15, 0.2) is 64.5 Å². The van der Waals surface area contributed by atoms with Crippen molar-refractivity contribution in [3.05, 3.63) is 54.6 Å². The summed E-state index contributed by atoms with van der Waals surface area (Å²) < 4.78 is 27.5. The van der Waals surface area contributed by atoms with Gasteiger partial charge in [-0.2, -0.15) is 0 Å². The molecule has 1 atom stereocenters. The van der Waals surface area contributed by atoms with Gasteiger partial charge in [-0.05, 0) is 37.6 Å². The average Bonchev–Trinajstić information content (AvgIpc) is 2.67. The molecular weight excluding hydrogens is 362 g/mol.